The fourth-order valence-electron chi connectivity index (χ4n) is 3.45. The van der Waals surface area contributed by atoms with E-state index in [0.29, 0.717) is 12.6 Å². The Labute approximate surface area is 144 Å². The van der Waals surface area contributed by atoms with Gasteiger partial charge in [0.1, 0.15) is 11.5 Å². The van der Waals surface area contributed by atoms with Gasteiger partial charge in [0.15, 0.2) is 0 Å². The molecule has 1 atom stereocenters. The normalized spacial score (nSPS) is 18.0. The monoisotopic (exact) mass is 326 g/mol. The second-order valence-corrected chi connectivity index (χ2v) is 6.52. The van der Waals surface area contributed by atoms with E-state index in [1.165, 1.54) is 18.4 Å². The molecule has 1 N–H and O–H groups in total. The molecule has 1 aliphatic heterocycles. The number of aromatic nitrogens is 1. The van der Waals surface area contributed by atoms with Crippen molar-refractivity contribution in [1.29, 1.82) is 0 Å². The summed E-state index contributed by atoms with van der Waals surface area (Å²) in [5, 5.41) is 9.05. The SMILES string of the molecule is Cc1cc(CN2CCCC2CCCO)ccc1Oc1cccnc1. The van der Waals surface area contributed by atoms with E-state index >= 15 is 0 Å². The van der Waals surface area contributed by atoms with Crippen LogP contribution in [0, 0.1) is 6.92 Å². The Balaban J connectivity index is 1.64. The molecule has 128 valence electrons. The van der Waals surface area contributed by atoms with E-state index < -0.39 is 0 Å². The van der Waals surface area contributed by atoms with E-state index in [4.69, 9.17) is 9.84 Å². The first-order valence-electron chi connectivity index (χ1n) is 8.78. The first kappa shape index (κ1) is 16.9. The number of ether oxygens (including phenoxy) is 1. The van der Waals surface area contributed by atoms with Gasteiger partial charge >= 0.3 is 0 Å². The Morgan fingerprint density at radius 3 is 3.00 bits per heavy atom. The van der Waals surface area contributed by atoms with Crippen molar-refractivity contribution in [3.8, 4) is 11.5 Å². The van der Waals surface area contributed by atoms with Crippen LogP contribution in [0.2, 0.25) is 0 Å². The van der Waals surface area contributed by atoms with Crippen LogP contribution in [-0.2, 0) is 6.54 Å². The minimum absolute atomic E-state index is 0.295. The van der Waals surface area contributed by atoms with Crippen molar-refractivity contribution in [3.63, 3.8) is 0 Å². The van der Waals surface area contributed by atoms with Gasteiger partial charge in [-0.1, -0.05) is 12.1 Å². The Hall–Kier alpha value is -1.91. The van der Waals surface area contributed by atoms with Crippen molar-refractivity contribution >= 4 is 0 Å². The molecule has 3 rings (SSSR count). The van der Waals surface area contributed by atoms with Gasteiger partial charge in [-0.25, -0.2) is 0 Å². The molecule has 0 saturated carbocycles. The molecular formula is C20H26N2O2. The number of aliphatic hydroxyl groups is 1. The molecule has 0 spiro atoms. The number of likely N-dealkylation sites (tertiary alicyclic amines) is 1. The van der Waals surface area contributed by atoms with Crippen molar-refractivity contribution in [3.05, 3.63) is 53.9 Å². The quantitative estimate of drug-likeness (QED) is 0.837. The lowest BCUT2D eigenvalue weighted by molar-refractivity contribution is 0.210. The molecule has 0 bridgehead atoms. The maximum atomic E-state index is 9.05. The molecule has 4 nitrogen and oxygen atoms in total. The molecule has 1 unspecified atom stereocenters. The number of hydrogen-bond acceptors (Lipinski definition) is 4. The zero-order valence-corrected chi connectivity index (χ0v) is 14.3. The summed E-state index contributed by atoms with van der Waals surface area (Å²) in [5.74, 6) is 1.64. The van der Waals surface area contributed by atoms with Gasteiger partial charge in [-0.3, -0.25) is 9.88 Å². The Morgan fingerprint density at radius 2 is 2.25 bits per heavy atom. The molecule has 24 heavy (non-hydrogen) atoms. The summed E-state index contributed by atoms with van der Waals surface area (Å²) in [4.78, 5) is 6.63. The zero-order chi connectivity index (χ0) is 16.8. The number of hydrogen-bond donors (Lipinski definition) is 1. The van der Waals surface area contributed by atoms with Gasteiger partial charge in [-0.2, -0.15) is 0 Å². The van der Waals surface area contributed by atoms with Crippen LogP contribution in [0.25, 0.3) is 0 Å². The molecule has 0 amide bonds. The predicted octanol–water partition coefficient (Wildman–Crippen LogP) is 3.92. The third-order valence-corrected chi connectivity index (χ3v) is 4.68. The fraction of sp³-hybridized carbons (Fsp3) is 0.450. The van der Waals surface area contributed by atoms with Crippen LogP contribution < -0.4 is 4.74 Å². The molecular weight excluding hydrogens is 300 g/mol. The maximum Gasteiger partial charge on any atom is 0.145 e. The lowest BCUT2D eigenvalue weighted by atomic mass is 10.1. The molecule has 1 fully saturated rings. The van der Waals surface area contributed by atoms with E-state index in [9.17, 15) is 0 Å². The second-order valence-electron chi connectivity index (χ2n) is 6.52. The summed E-state index contributed by atoms with van der Waals surface area (Å²) in [7, 11) is 0. The van der Waals surface area contributed by atoms with Crippen molar-refractivity contribution < 1.29 is 9.84 Å². The minimum atomic E-state index is 0.295. The summed E-state index contributed by atoms with van der Waals surface area (Å²) in [5.41, 5.74) is 2.46. The van der Waals surface area contributed by atoms with E-state index in [2.05, 4.69) is 35.0 Å². The second kappa shape index (κ2) is 8.27. The number of aliphatic hydroxyl groups excluding tert-OH is 1. The van der Waals surface area contributed by atoms with Gasteiger partial charge < -0.3 is 9.84 Å². The molecule has 1 aromatic heterocycles. The number of pyridine rings is 1. The van der Waals surface area contributed by atoms with Gasteiger partial charge in [0.25, 0.3) is 0 Å². The molecule has 4 heteroatoms. The van der Waals surface area contributed by atoms with Gasteiger partial charge in [0.05, 0.1) is 6.20 Å². The standard InChI is InChI=1S/C20H26N2O2/c1-16-13-17(15-22-11-3-5-18(22)6-4-12-23)8-9-20(16)24-19-7-2-10-21-14-19/h2,7-10,13-14,18,23H,3-6,11-12,15H2,1H3. The zero-order valence-electron chi connectivity index (χ0n) is 14.3. The largest absolute Gasteiger partial charge is 0.455 e. The van der Waals surface area contributed by atoms with Gasteiger partial charge in [0, 0.05) is 25.4 Å². The maximum absolute atomic E-state index is 9.05. The predicted molar refractivity (Wildman–Crippen MR) is 95.2 cm³/mol. The van der Waals surface area contributed by atoms with E-state index in [0.717, 1.165) is 43.0 Å². The van der Waals surface area contributed by atoms with Crippen LogP contribution in [0.4, 0.5) is 0 Å². The average Bonchev–Trinajstić information content (AvgIpc) is 3.03. The highest BCUT2D eigenvalue weighted by molar-refractivity contribution is 5.39. The average molecular weight is 326 g/mol. The van der Waals surface area contributed by atoms with Gasteiger partial charge in [0.2, 0.25) is 0 Å². The van der Waals surface area contributed by atoms with Crippen molar-refractivity contribution in [1.82, 2.24) is 9.88 Å². The smallest absolute Gasteiger partial charge is 0.145 e. The summed E-state index contributed by atoms with van der Waals surface area (Å²) in [6.45, 7) is 4.51. The summed E-state index contributed by atoms with van der Waals surface area (Å²) >= 11 is 0. The fourth-order valence-corrected chi connectivity index (χ4v) is 3.45. The first-order valence-corrected chi connectivity index (χ1v) is 8.78. The number of rotatable bonds is 7. The van der Waals surface area contributed by atoms with Crippen LogP contribution in [-0.4, -0.2) is 34.2 Å². The number of nitrogens with zero attached hydrogens (tertiary/aromatic N) is 2. The highest BCUT2D eigenvalue weighted by Gasteiger charge is 2.23. The van der Waals surface area contributed by atoms with E-state index in [-0.39, 0.29) is 0 Å². The Bertz CT molecular complexity index is 645. The first-order chi connectivity index (χ1) is 11.8. The lowest BCUT2D eigenvalue weighted by Crippen LogP contribution is -2.29. The van der Waals surface area contributed by atoms with Crippen LogP contribution in [0.3, 0.4) is 0 Å². The van der Waals surface area contributed by atoms with Crippen molar-refractivity contribution in [2.75, 3.05) is 13.2 Å². The Kier molecular flexibility index (Phi) is 5.83. The molecule has 1 saturated heterocycles. The minimum Gasteiger partial charge on any atom is -0.455 e. The molecule has 0 radical (unpaired) electrons. The molecule has 2 aromatic rings. The topological polar surface area (TPSA) is 45.6 Å². The molecule has 1 aromatic carbocycles. The van der Waals surface area contributed by atoms with Crippen LogP contribution in [0.15, 0.2) is 42.7 Å². The van der Waals surface area contributed by atoms with Crippen LogP contribution >= 0.6 is 0 Å². The van der Waals surface area contributed by atoms with Crippen molar-refractivity contribution in [2.24, 2.45) is 0 Å². The lowest BCUT2D eigenvalue weighted by Gasteiger charge is -2.24. The summed E-state index contributed by atoms with van der Waals surface area (Å²) < 4.78 is 5.90. The molecule has 2 heterocycles. The van der Waals surface area contributed by atoms with Crippen molar-refractivity contribution in [2.45, 2.75) is 45.2 Å². The van der Waals surface area contributed by atoms with Gasteiger partial charge in [-0.15, -0.1) is 0 Å². The third-order valence-electron chi connectivity index (χ3n) is 4.68. The highest BCUT2D eigenvalue weighted by Crippen LogP contribution is 2.28. The number of aryl methyl sites for hydroxylation is 1. The van der Waals surface area contributed by atoms with E-state index in [1.807, 2.05) is 12.1 Å². The highest BCUT2D eigenvalue weighted by atomic mass is 16.5. The molecule has 0 aliphatic carbocycles. The Morgan fingerprint density at radius 1 is 1.33 bits per heavy atom. The third kappa shape index (κ3) is 4.34. The van der Waals surface area contributed by atoms with E-state index in [1.54, 1.807) is 12.4 Å². The molecule has 1 aliphatic rings. The number of benzene rings is 1. The van der Waals surface area contributed by atoms with Crippen LogP contribution in [0.1, 0.15) is 36.8 Å². The van der Waals surface area contributed by atoms with Crippen LogP contribution in [0.5, 0.6) is 11.5 Å². The summed E-state index contributed by atoms with van der Waals surface area (Å²) in [6, 6.07) is 10.8. The summed E-state index contributed by atoms with van der Waals surface area (Å²) in [6.07, 6.45) is 7.98. The van der Waals surface area contributed by atoms with Gasteiger partial charge in [-0.05, 0) is 68.5 Å².